The molecule has 0 fully saturated rings. The Kier molecular flexibility index (Phi) is 17.1. The molecule has 0 aromatic heterocycles. The van der Waals surface area contributed by atoms with Crippen LogP contribution >= 0.6 is 0 Å². The molecule has 0 heterocycles. The summed E-state index contributed by atoms with van der Waals surface area (Å²) in [4.78, 5) is 19.2. The molecule has 0 radical (unpaired) electrons. The maximum atomic E-state index is 10.7. The SMILES string of the molecule is CCCCCCCCCCCCCCCCC(OOC#N)C(=O)[O-]. The van der Waals surface area contributed by atoms with Crippen molar-refractivity contribution in [1.29, 1.82) is 5.26 Å². The minimum atomic E-state index is -1.33. The summed E-state index contributed by atoms with van der Waals surface area (Å²) in [5, 5.41) is 18.9. The molecule has 0 amide bonds. The van der Waals surface area contributed by atoms with Gasteiger partial charge in [-0.3, -0.25) is 4.89 Å². The van der Waals surface area contributed by atoms with E-state index >= 15 is 0 Å². The summed E-state index contributed by atoms with van der Waals surface area (Å²) in [7, 11) is 0. The monoisotopic (exact) mass is 340 g/mol. The van der Waals surface area contributed by atoms with Gasteiger partial charge >= 0.3 is 6.26 Å². The topological polar surface area (TPSA) is 82.4 Å². The molecule has 5 nitrogen and oxygen atoms in total. The summed E-state index contributed by atoms with van der Waals surface area (Å²) in [6.07, 6.45) is 18.0. The van der Waals surface area contributed by atoms with Crippen molar-refractivity contribution in [3.05, 3.63) is 0 Å². The lowest BCUT2D eigenvalue weighted by molar-refractivity contribution is -0.346. The van der Waals surface area contributed by atoms with Gasteiger partial charge in [-0.15, -0.1) is 5.26 Å². The van der Waals surface area contributed by atoms with Crippen molar-refractivity contribution in [2.75, 3.05) is 0 Å². The van der Waals surface area contributed by atoms with Crippen molar-refractivity contribution in [2.45, 2.75) is 109 Å². The molecule has 140 valence electrons. The molecule has 0 aromatic rings. The van der Waals surface area contributed by atoms with Crippen LogP contribution in [-0.2, 0) is 14.6 Å². The van der Waals surface area contributed by atoms with E-state index in [2.05, 4.69) is 16.7 Å². The predicted molar refractivity (Wildman–Crippen MR) is 91.5 cm³/mol. The second-order valence-corrected chi connectivity index (χ2v) is 6.46. The van der Waals surface area contributed by atoms with Gasteiger partial charge in [0.1, 0.15) is 6.10 Å². The number of hydrogen-bond acceptors (Lipinski definition) is 5. The fourth-order valence-corrected chi connectivity index (χ4v) is 2.81. The zero-order valence-corrected chi connectivity index (χ0v) is 15.3. The molecule has 1 unspecified atom stereocenters. The standard InChI is InChI=1S/C19H35NO4/c1-2-3-4-5-6-7-8-9-10-11-12-13-14-15-16-18(19(21)22)24-23-17-20/h18H,2-16H2,1H3,(H,21,22)/p-1. The van der Waals surface area contributed by atoms with E-state index in [0.717, 1.165) is 19.3 Å². The second-order valence-electron chi connectivity index (χ2n) is 6.46. The largest absolute Gasteiger partial charge is 0.547 e. The first-order valence-electron chi connectivity index (χ1n) is 9.64. The summed E-state index contributed by atoms with van der Waals surface area (Å²) >= 11 is 0. The van der Waals surface area contributed by atoms with Crippen LogP contribution in [0.2, 0.25) is 0 Å². The minimum absolute atomic E-state index is 0.321. The van der Waals surface area contributed by atoms with Gasteiger partial charge in [0.15, 0.2) is 0 Å². The molecule has 24 heavy (non-hydrogen) atoms. The highest BCUT2D eigenvalue weighted by Crippen LogP contribution is 2.14. The van der Waals surface area contributed by atoms with Gasteiger partial charge in [0.2, 0.25) is 0 Å². The number of carboxylic acid groups (broad SMARTS) is 1. The number of unbranched alkanes of at least 4 members (excludes halogenated alkanes) is 13. The summed E-state index contributed by atoms with van der Waals surface area (Å²) in [6, 6.07) is 0. The molecule has 0 aromatic carbocycles. The van der Waals surface area contributed by atoms with Gasteiger partial charge < -0.3 is 9.90 Å². The molecule has 0 aliphatic rings. The number of nitriles is 1. The van der Waals surface area contributed by atoms with Crippen LogP contribution in [-0.4, -0.2) is 12.1 Å². The van der Waals surface area contributed by atoms with E-state index in [0.29, 0.717) is 6.42 Å². The smallest absolute Gasteiger partial charge is 0.324 e. The molecule has 0 spiro atoms. The molecule has 0 bridgehead atoms. The van der Waals surface area contributed by atoms with Crippen molar-refractivity contribution in [3.63, 3.8) is 0 Å². The van der Waals surface area contributed by atoms with E-state index < -0.39 is 12.1 Å². The van der Waals surface area contributed by atoms with E-state index in [9.17, 15) is 9.90 Å². The molecular weight excluding hydrogens is 306 g/mol. The fraction of sp³-hybridized carbons (Fsp3) is 0.895. The third kappa shape index (κ3) is 15.6. The molecule has 0 aliphatic heterocycles. The maximum Gasteiger partial charge on any atom is 0.324 e. The van der Waals surface area contributed by atoms with Gasteiger partial charge in [0.25, 0.3) is 0 Å². The number of carbonyl (C=O) groups is 1. The Morgan fingerprint density at radius 1 is 0.875 bits per heavy atom. The van der Waals surface area contributed by atoms with Gasteiger partial charge in [-0.05, 0) is 6.42 Å². The molecular formula is C19H34NO4-. The van der Waals surface area contributed by atoms with Gasteiger partial charge in [0.05, 0.1) is 5.97 Å². The summed E-state index contributed by atoms with van der Waals surface area (Å²) in [6.45, 7) is 2.25. The minimum Gasteiger partial charge on any atom is -0.547 e. The lowest BCUT2D eigenvalue weighted by Crippen LogP contribution is -2.37. The fourth-order valence-electron chi connectivity index (χ4n) is 2.81. The molecule has 5 heteroatoms. The Hall–Kier alpha value is -1.28. The van der Waals surface area contributed by atoms with Crippen molar-refractivity contribution in [3.8, 4) is 6.26 Å². The van der Waals surface area contributed by atoms with E-state index in [4.69, 9.17) is 5.26 Å². The lowest BCUT2D eigenvalue weighted by Gasteiger charge is -2.14. The first-order chi connectivity index (χ1) is 11.7. The van der Waals surface area contributed by atoms with E-state index in [1.807, 2.05) is 0 Å². The number of aliphatic carboxylic acids is 1. The van der Waals surface area contributed by atoms with Crippen LogP contribution in [0.1, 0.15) is 103 Å². The van der Waals surface area contributed by atoms with E-state index in [-0.39, 0.29) is 0 Å². The first-order valence-corrected chi connectivity index (χ1v) is 9.64. The van der Waals surface area contributed by atoms with Gasteiger partial charge in [-0.25, -0.2) is 0 Å². The van der Waals surface area contributed by atoms with Gasteiger partial charge in [-0.2, -0.15) is 4.89 Å². The predicted octanol–water partition coefficient (Wildman–Crippen LogP) is 4.41. The van der Waals surface area contributed by atoms with Crippen molar-refractivity contribution in [2.24, 2.45) is 0 Å². The Morgan fingerprint density at radius 3 is 1.67 bits per heavy atom. The van der Waals surface area contributed by atoms with E-state index in [1.54, 1.807) is 0 Å². The number of rotatable bonds is 18. The molecule has 1 atom stereocenters. The van der Waals surface area contributed by atoms with E-state index in [1.165, 1.54) is 76.9 Å². The van der Waals surface area contributed by atoms with Crippen molar-refractivity contribution >= 4 is 5.97 Å². The maximum absolute atomic E-state index is 10.7. The molecule has 0 aliphatic carbocycles. The van der Waals surface area contributed by atoms with Crippen LogP contribution in [0.5, 0.6) is 0 Å². The molecule has 0 N–H and O–H groups in total. The molecule has 0 saturated carbocycles. The Balaban J connectivity index is 3.27. The molecule has 0 rings (SSSR count). The number of carbonyl (C=O) groups excluding carboxylic acids is 1. The zero-order chi connectivity index (χ0) is 17.9. The van der Waals surface area contributed by atoms with Crippen LogP contribution in [0.25, 0.3) is 0 Å². The van der Waals surface area contributed by atoms with Crippen molar-refractivity contribution in [1.82, 2.24) is 0 Å². The highest BCUT2D eigenvalue weighted by atomic mass is 17.2. The summed E-state index contributed by atoms with van der Waals surface area (Å²) < 4.78 is 0. The Bertz CT molecular complexity index is 328. The highest BCUT2D eigenvalue weighted by Gasteiger charge is 2.11. The summed E-state index contributed by atoms with van der Waals surface area (Å²) in [5.74, 6) is -1.33. The van der Waals surface area contributed by atoms with Crippen LogP contribution in [0.4, 0.5) is 0 Å². The highest BCUT2D eigenvalue weighted by molar-refractivity contribution is 5.69. The van der Waals surface area contributed by atoms with Crippen LogP contribution < -0.4 is 5.11 Å². The number of nitrogens with zero attached hydrogens (tertiary/aromatic N) is 1. The Morgan fingerprint density at radius 2 is 1.29 bits per heavy atom. The Labute approximate surface area is 147 Å². The quantitative estimate of drug-likeness (QED) is 0.160. The number of carboxylic acids is 1. The third-order valence-electron chi connectivity index (χ3n) is 4.28. The normalized spacial score (nSPS) is 11.8. The number of hydrogen-bond donors (Lipinski definition) is 0. The summed E-state index contributed by atoms with van der Waals surface area (Å²) in [5.41, 5.74) is 0. The van der Waals surface area contributed by atoms with Crippen LogP contribution in [0.15, 0.2) is 0 Å². The average molecular weight is 340 g/mol. The van der Waals surface area contributed by atoms with Gasteiger partial charge in [-0.1, -0.05) is 96.8 Å². The van der Waals surface area contributed by atoms with Crippen LogP contribution in [0.3, 0.4) is 0 Å². The zero-order valence-electron chi connectivity index (χ0n) is 15.3. The second kappa shape index (κ2) is 18.1. The lowest BCUT2D eigenvalue weighted by atomic mass is 10.0. The third-order valence-corrected chi connectivity index (χ3v) is 4.28. The van der Waals surface area contributed by atoms with Crippen LogP contribution in [0, 0.1) is 11.5 Å². The average Bonchev–Trinajstić information content (AvgIpc) is 2.57. The first kappa shape index (κ1) is 22.7. The molecule has 0 saturated heterocycles. The van der Waals surface area contributed by atoms with Crippen molar-refractivity contribution < 1.29 is 19.7 Å². The van der Waals surface area contributed by atoms with Gasteiger partial charge in [0, 0.05) is 0 Å².